The Morgan fingerprint density at radius 2 is 1.58 bits per heavy atom. The number of fused-ring (bicyclic) bond motifs is 2. The van der Waals surface area contributed by atoms with Crippen LogP contribution in [0.15, 0.2) is 89.3 Å². The van der Waals surface area contributed by atoms with Gasteiger partial charge >= 0.3 is 6.95 Å². The minimum atomic E-state index is -4.05. The lowest BCUT2D eigenvalue weighted by molar-refractivity contribution is 0.406. The van der Waals surface area contributed by atoms with Crippen LogP contribution in [0.4, 0.5) is 0 Å². The third kappa shape index (κ3) is 4.13. The van der Waals surface area contributed by atoms with Crippen molar-refractivity contribution in [2.45, 2.75) is 0 Å². The zero-order valence-electron chi connectivity index (χ0n) is 15.9. The van der Waals surface area contributed by atoms with Crippen molar-refractivity contribution in [2.24, 2.45) is 0 Å². The Morgan fingerprint density at radius 1 is 0.839 bits per heavy atom. The average molecular weight is 470 g/mol. The van der Waals surface area contributed by atoms with Gasteiger partial charge < -0.3 is 13.5 Å². The second kappa shape index (κ2) is 7.93. The van der Waals surface area contributed by atoms with Gasteiger partial charge in [-0.1, -0.05) is 54.1 Å². The van der Waals surface area contributed by atoms with Crippen LogP contribution in [0.3, 0.4) is 0 Å². The number of oxazole rings is 1. The maximum absolute atomic E-state index is 13.0. The first-order valence-electron chi connectivity index (χ1n) is 9.31. The molecule has 5 aromatic rings. The zero-order valence-corrected chi connectivity index (χ0v) is 18.3. The molecule has 0 radical (unpaired) electrons. The van der Waals surface area contributed by atoms with Crippen molar-refractivity contribution in [3.05, 3.63) is 90.0 Å². The third-order valence-electron chi connectivity index (χ3n) is 4.63. The highest BCUT2D eigenvalue weighted by Gasteiger charge is 2.28. The smallest absolute Gasteiger partial charge is 0.436 e. The first-order chi connectivity index (χ1) is 15.0. The van der Waals surface area contributed by atoms with Crippen LogP contribution < -0.4 is 9.05 Å². The van der Waals surface area contributed by atoms with Crippen LogP contribution in [0.1, 0.15) is 0 Å². The summed E-state index contributed by atoms with van der Waals surface area (Å²) in [5.41, 5.74) is 1.86. The number of nitrogens with zero attached hydrogens (tertiary/aromatic N) is 1. The Bertz CT molecular complexity index is 1420. The Labute approximate surface area is 187 Å². The van der Waals surface area contributed by atoms with Crippen LogP contribution in [0.2, 0.25) is 5.02 Å². The van der Waals surface area contributed by atoms with E-state index < -0.39 is 6.95 Å². The number of para-hydroxylation sites is 2. The standard InChI is InChI=1S/C23H14Cl2NO4P/c24-16-10-12-17(13-11-16)29-31(25,27)30-21-14-9-15-5-1-2-6-18(15)22(21)23-26-19-7-3-4-8-20(19)28-23/h1-14H. The van der Waals surface area contributed by atoms with Gasteiger partial charge in [0.25, 0.3) is 0 Å². The highest BCUT2D eigenvalue weighted by Crippen LogP contribution is 2.55. The maximum atomic E-state index is 13.0. The number of hydrogen-bond donors (Lipinski definition) is 0. The second-order valence-electron chi connectivity index (χ2n) is 6.71. The van der Waals surface area contributed by atoms with Gasteiger partial charge in [0.2, 0.25) is 5.89 Å². The van der Waals surface area contributed by atoms with Crippen molar-refractivity contribution in [2.75, 3.05) is 0 Å². The molecule has 0 saturated carbocycles. The lowest BCUT2D eigenvalue weighted by Crippen LogP contribution is -1.97. The maximum Gasteiger partial charge on any atom is 0.530 e. The molecule has 0 saturated heterocycles. The normalized spacial score (nSPS) is 13.2. The third-order valence-corrected chi connectivity index (χ3v) is 6.14. The Kier molecular flexibility index (Phi) is 5.11. The topological polar surface area (TPSA) is 61.6 Å². The predicted molar refractivity (Wildman–Crippen MR) is 123 cm³/mol. The van der Waals surface area contributed by atoms with Gasteiger partial charge in [0.15, 0.2) is 5.58 Å². The molecular weight excluding hydrogens is 456 g/mol. The minimum Gasteiger partial charge on any atom is -0.436 e. The van der Waals surface area contributed by atoms with Crippen LogP contribution in [0.25, 0.3) is 33.3 Å². The number of aromatic nitrogens is 1. The van der Waals surface area contributed by atoms with Gasteiger partial charge in [0.05, 0.1) is 5.56 Å². The van der Waals surface area contributed by atoms with Gasteiger partial charge in [-0.2, -0.15) is 0 Å². The van der Waals surface area contributed by atoms with Gasteiger partial charge in [0.1, 0.15) is 17.0 Å². The summed E-state index contributed by atoms with van der Waals surface area (Å²) in [4.78, 5) is 4.58. The molecule has 4 aromatic carbocycles. The lowest BCUT2D eigenvalue weighted by Gasteiger charge is -2.16. The van der Waals surface area contributed by atoms with Crippen molar-refractivity contribution in [3.8, 4) is 23.0 Å². The molecule has 0 N–H and O–H groups in total. The Balaban J connectivity index is 1.60. The quantitative estimate of drug-likeness (QED) is 0.243. The molecule has 0 aliphatic heterocycles. The first-order valence-corrected chi connectivity index (χ1v) is 12.1. The number of hydrogen-bond acceptors (Lipinski definition) is 5. The summed E-state index contributed by atoms with van der Waals surface area (Å²) in [6, 6.07) is 24.9. The molecule has 0 aliphatic rings. The molecule has 5 rings (SSSR count). The fourth-order valence-corrected chi connectivity index (χ4v) is 4.67. The summed E-state index contributed by atoms with van der Waals surface area (Å²) in [6.07, 6.45) is 0. The van der Waals surface area contributed by atoms with E-state index >= 15 is 0 Å². The summed E-state index contributed by atoms with van der Waals surface area (Å²) in [5, 5.41) is 2.27. The van der Waals surface area contributed by atoms with Crippen molar-refractivity contribution in [1.29, 1.82) is 0 Å². The SMILES string of the molecule is O=P(Cl)(Oc1ccc(Cl)cc1)Oc1ccc2ccccc2c1-c1nc2ccccc2o1. The van der Waals surface area contributed by atoms with E-state index in [1.807, 2.05) is 54.6 Å². The molecule has 0 spiro atoms. The highest BCUT2D eigenvalue weighted by atomic mass is 35.7. The molecule has 5 nitrogen and oxygen atoms in total. The molecule has 154 valence electrons. The molecule has 1 unspecified atom stereocenters. The molecule has 0 aliphatic carbocycles. The van der Waals surface area contributed by atoms with E-state index in [9.17, 15) is 4.57 Å². The van der Waals surface area contributed by atoms with E-state index in [0.717, 1.165) is 10.8 Å². The van der Waals surface area contributed by atoms with Crippen LogP contribution in [-0.2, 0) is 4.57 Å². The molecule has 8 heteroatoms. The van der Waals surface area contributed by atoms with Crippen molar-refractivity contribution in [1.82, 2.24) is 4.98 Å². The highest BCUT2D eigenvalue weighted by molar-refractivity contribution is 7.82. The van der Waals surface area contributed by atoms with E-state index in [-0.39, 0.29) is 11.5 Å². The number of rotatable bonds is 5. The largest absolute Gasteiger partial charge is 0.530 e. The fraction of sp³-hybridized carbons (Fsp3) is 0. The Hall–Kier alpha value is -2.98. The van der Waals surface area contributed by atoms with Gasteiger partial charge in [-0.3, -0.25) is 0 Å². The van der Waals surface area contributed by atoms with E-state index in [2.05, 4.69) is 4.98 Å². The summed E-state index contributed by atoms with van der Waals surface area (Å²) >= 11 is 12.0. The molecule has 0 amide bonds. The van der Waals surface area contributed by atoms with Gasteiger partial charge in [-0.15, -0.1) is 0 Å². The van der Waals surface area contributed by atoms with Crippen LogP contribution in [-0.4, -0.2) is 4.98 Å². The Morgan fingerprint density at radius 3 is 2.39 bits per heavy atom. The number of benzene rings is 4. The number of halogens is 2. The summed E-state index contributed by atoms with van der Waals surface area (Å²) < 4.78 is 30.0. The van der Waals surface area contributed by atoms with E-state index in [0.29, 0.717) is 27.6 Å². The molecule has 31 heavy (non-hydrogen) atoms. The molecule has 1 atom stereocenters. The fourth-order valence-electron chi connectivity index (χ4n) is 3.28. The molecular formula is C23H14Cl2NO4P. The van der Waals surface area contributed by atoms with E-state index in [1.165, 1.54) is 0 Å². The van der Waals surface area contributed by atoms with E-state index in [4.69, 9.17) is 36.3 Å². The predicted octanol–water partition coefficient (Wildman–Crippen LogP) is 8.11. The summed E-state index contributed by atoms with van der Waals surface area (Å²) in [7, 11) is 0. The molecule has 1 aromatic heterocycles. The lowest BCUT2D eigenvalue weighted by atomic mass is 10.0. The van der Waals surface area contributed by atoms with Gasteiger partial charge in [0, 0.05) is 16.3 Å². The van der Waals surface area contributed by atoms with Crippen LogP contribution in [0, 0.1) is 0 Å². The van der Waals surface area contributed by atoms with E-state index in [1.54, 1.807) is 30.3 Å². The average Bonchev–Trinajstić information content (AvgIpc) is 3.18. The van der Waals surface area contributed by atoms with Gasteiger partial charge in [-0.25, -0.2) is 9.55 Å². The minimum absolute atomic E-state index is 0.234. The van der Waals surface area contributed by atoms with Crippen LogP contribution >= 0.6 is 29.8 Å². The molecule has 0 bridgehead atoms. The summed E-state index contributed by atoms with van der Waals surface area (Å²) in [6.45, 7) is -4.05. The first kappa shape index (κ1) is 20.0. The van der Waals surface area contributed by atoms with Crippen molar-refractivity contribution >= 4 is 51.7 Å². The zero-order chi connectivity index (χ0) is 21.4. The molecule has 1 heterocycles. The van der Waals surface area contributed by atoms with Gasteiger partial charge in [-0.05, 0) is 53.2 Å². The van der Waals surface area contributed by atoms with Crippen molar-refractivity contribution < 1.29 is 18.0 Å². The summed E-state index contributed by atoms with van der Waals surface area (Å²) in [5.74, 6) is 0.834. The monoisotopic (exact) mass is 469 g/mol. The van der Waals surface area contributed by atoms with Crippen molar-refractivity contribution in [3.63, 3.8) is 0 Å². The second-order valence-corrected chi connectivity index (χ2v) is 9.62. The van der Waals surface area contributed by atoms with Crippen LogP contribution in [0.5, 0.6) is 11.5 Å². The molecule has 0 fully saturated rings.